The monoisotopic (exact) mass is 278 g/mol. The van der Waals surface area contributed by atoms with Crippen molar-refractivity contribution >= 4 is 20.3 Å². The second-order valence-electron chi connectivity index (χ2n) is 5.44. The standard InChI is InChI=1S/C16H26O2Si/c1-11(2)14-9-7-8-10-15(14)19-16(17-12(3)4)18-13(5)6/h7-10,12-13,16H,1,19H2,2-6H3. The van der Waals surface area contributed by atoms with Gasteiger partial charge in [-0.15, -0.1) is 0 Å². The van der Waals surface area contributed by atoms with Crippen LogP contribution in [0.3, 0.4) is 0 Å². The first-order valence-electron chi connectivity index (χ1n) is 6.94. The maximum absolute atomic E-state index is 5.91. The molecule has 0 saturated carbocycles. The number of ether oxygens (including phenoxy) is 2. The Hall–Kier alpha value is -0.903. The zero-order chi connectivity index (χ0) is 14.4. The van der Waals surface area contributed by atoms with E-state index in [1.54, 1.807) is 0 Å². The van der Waals surface area contributed by atoms with E-state index in [0.29, 0.717) is 0 Å². The number of allylic oxidation sites excluding steroid dienone is 1. The molecule has 0 fully saturated rings. The van der Waals surface area contributed by atoms with E-state index in [4.69, 9.17) is 9.47 Å². The smallest absolute Gasteiger partial charge is 0.140 e. The van der Waals surface area contributed by atoms with Crippen molar-refractivity contribution in [3.8, 4) is 0 Å². The normalized spacial score (nSPS) is 12.2. The van der Waals surface area contributed by atoms with Gasteiger partial charge < -0.3 is 9.47 Å². The molecule has 0 saturated heterocycles. The number of hydrogen-bond acceptors (Lipinski definition) is 2. The fourth-order valence-electron chi connectivity index (χ4n) is 2.03. The summed E-state index contributed by atoms with van der Waals surface area (Å²) in [4.78, 5) is 0. The van der Waals surface area contributed by atoms with Crippen molar-refractivity contribution in [2.24, 2.45) is 0 Å². The summed E-state index contributed by atoms with van der Waals surface area (Å²) in [5, 5.41) is 1.36. The molecule has 0 atom stereocenters. The highest BCUT2D eigenvalue weighted by molar-refractivity contribution is 6.55. The minimum absolute atomic E-state index is 0.0690. The fourth-order valence-corrected chi connectivity index (χ4v) is 4.26. The Morgan fingerprint density at radius 3 is 2.05 bits per heavy atom. The van der Waals surface area contributed by atoms with Gasteiger partial charge in [-0.2, -0.15) is 0 Å². The summed E-state index contributed by atoms with van der Waals surface area (Å²) in [6.07, 6.45) is 0.376. The molecular formula is C16H26O2Si. The molecule has 0 aliphatic heterocycles. The van der Waals surface area contributed by atoms with Crippen molar-refractivity contribution in [3.63, 3.8) is 0 Å². The highest BCUT2D eigenvalue weighted by Crippen LogP contribution is 2.10. The van der Waals surface area contributed by atoms with Crippen molar-refractivity contribution in [2.75, 3.05) is 0 Å². The van der Waals surface area contributed by atoms with E-state index >= 15 is 0 Å². The quantitative estimate of drug-likeness (QED) is 0.564. The van der Waals surface area contributed by atoms with Crippen LogP contribution in [0.4, 0.5) is 0 Å². The maximum atomic E-state index is 5.91. The number of hydrogen-bond donors (Lipinski definition) is 0. The Kier molecular flexibility index (Phi) is 6.49. The second kappa shape index (κ2) is 7.63. The van der Waals surface area contributed by atoms with Crippen LogP contribution in [-0.4, -0.2) is 27.6 Å². The molecule has 3 heteroatoms. The molecule has 0 heterocycles. The average Bonchev–Trinajstić information content (AvgIpc) is 2.27. The molecule has 106 valence electrons. The molecule has 0 bridgehead atoms. The lowest BCUT2D eigenvalue weighted by molar-refractivity contribution is -0.133. The van der Waals surface area contributed by atoms with Gasteiger partial charge in [-0.05, 0) is 40.2 Å². The Morgan fingerprint density at radius 1 is 1.05 bits per heavy atom. The summed E-state index contributed by atoms with van der Waals surface area (Å²) in [7, 11) is -0.660. The number of rotatable bonds is 7. The maximum Gasteiger partial charge on any atom is 0.140 e. The van der Waals surface area contributed by atoms with Crippen LogP contribution in [0.5, 0.6) is 0 Å². The summed E-state index contributed by atoms with van der Waals surface area (Å²) in [5.74, 6) is -0.0690. The molecule has 0 N–H and O–H groups in total. The first kappa shape index (κ1) is 16.2. The van der Waals surface area contributed by atoms with Gasteiger partial charge >= 0.3 is 0 Å². The zero-order valence-corrected chi connectivity index (χ0v) is 14.2. The minimum atomic E-state index is -0.660. The third-order valence-corrected chi connectivity index (χ3v) is 4.49. The van der Waals surface area contributed by atoms with Crippen LogP contribution in [-0.2, 0) is 9.47 Å². The Morgan fingerprint density at radius 2 is 1.58 bits per heavy atom. The van der Waals surface area contributed by atoms with Crippen LogP contribution in [0.25, 0.3) is 5.57 Å². The predicted octanol–water partition coefficient (Wildman–Crippen LogP) is 2.65. The van der Waals surface area contributed by atoms with Crippen molar-refractivity contribution < 1.29 is 9.47 Å². The van der Waals surface area contributed by atoms with Gasteiger partial charge in [0.1, 0.15) is 15.4 Å². The SMILES string of the molecule is C=C(C)c1ccccc1[SiH2]C(OC(C)C)OC(C)C. The minimum Gasteiger partial charge on any atom is -0.354 e. The van der Waals surface area contributed by atoms with Crippen LogP contribution >= 0.6 is 0 Å². The van der Waals surface area contributed by atoms with E-state index in [0.717, 1.165) is 5.57 Å². The molecule has 0 radical (unpaired) electrons. The topological polar surface area (TPSA) is 18.5 Å². The molecule has 0 amide bonds. The summed E-state index contributed by atoms with van der Waals surface area (Å²) >= 11 is 0. The van der Waals surface area contributed by atoms with Crippen LogP contribution in [0, 0.1) is 0 Å². The van der Waals surface area contributed by atoms with Gasteiger partial charge in [-0.3, -0.25) is 0 Å². The molecular weight excluding hydrogens is 252 g/mol. The summed E-state index contributed by atoms with van der Waals surface area (Å²) in [6.45, 7) is 14.3. The molecule has 1 aromatic rings. The molecule has 1 aromatic carbocycles. The first-order chi connectivity index (χ1) is 8.90. The van der Waals surface area contributed by atoms with Crippen molar-refractivity contribution in [3.05, 3.63) is 36.4 Å². The van der Waals surface area contributed by atoms with Crippen molar-refractivity contribution in [2.45, 2.75) is 52.7 Å². The molecule has 2 nitrogen and oxygen atoms in total. The lowest BCUT2D eigenvalue weighted by Gasteiger charge is -2.24. The van der Waals surface area contributed by atoms with Crippen molar-refractivity contribution in [1.82, 2.24) is 0 Å². The van der Waals surface area contributed by atoms with E-state index < -0.39 is 9.52 Å². The van der Waals surface area contributed by atoms with E-state index in [1.165, 1.54) is 10.8 Å². The molecule has 1 rings (SSSR count). The van der Waals surface area contributed by atoms with Gasteiger partial charge in [-0.25, -0.2) is 0 Å². The summed E-state index contributed by atoms with van der Waals surface area (Å²) in [6, 6.07) is 8.45. The largest absolute Gasteiger partial charge is 0.354 e. The van der Waals surface area contributed by atoms with Gasteiger partial charge in [0.2, 0.25) is 0 Å². The van der Waals surface area contributed by atoms with Crippen LogP contribution in [0.15, 0.2) is 30.8 Å². The van der Waals surface area contributed by atoms with E-state index in [-0.39, 0.29) is 18.1 Å². The van der Waals surface area contributed by atoms with E-state index in [9.17, 15) is 0 Å². The van der Waals surface area contributed by atoms with Gasteiger partial charge in [-0.1, -0.05) is 41.6 Å². The van der Waals surface area contributed by atoms with Gasteiger partial charge in [0.05, 0.1) is 12.2 Å². The Balaban J connectivity index is 2.86. The lowest BCUT2D eigenvalue weighted by Crippen LogP contribution is -2.37. The predicted molar refractivity (Wildman–Crippen MR) is 85.6 cm³/mol. The molecule has 0 spiro atoms. The second-order valence-corrected chi connectivity index (χ2v) is 7.28. The van der Waals surface area contributed by atoms with Gasteiger partial charge in [0.15, 0.2) is 0 Å². The number of benzene rings is 1. The highest BCUT2D eigenvalue weighted by atomic mass is 28.2. The van der Waals surface area contributed by atoms with Crippen LogP contribution < -0.4 is 5.19 Å². The lowest BCUT2D eigenvalue weighted by atomic mass is 10.1. The fraction of sp³-hybridized carbons (Fsp3) is 0.500. The Bertz CT molecular complexity index is 403. The molecule has 19 heavy (non-hydrogen) atoms. The third kappa shape index (κ3) is 5.72. The zero-order valence-electron chi connectivity index (χ0n) is 12.8. The van der Waals surface area contributed by atoms with Gasteiger partial charge in [0.25, 0.3) is 0 Å². The molecule has 0 aliphatic rings. The van der Waals surface area contributed by atoms with E-state index in [2.05, 4.69) is 65.5 Å². The van der Waals surface area contributed by atoms with Crippen LogP contribution in [0.2, 0.25) is 0 Å². The average molecular weight is 278 g/mol. The van der Waals surface area contributed by atoms with Crippen LogP contribution in [0.1, 0.15) is 40.2 Å². The van der Waals surface area contributed by atoms with E-state index in [1.807, 2.05) is 0 Å². The molecule has 0 unspecified atom stereocenters. The highest BCUT2D eigenvalue weighted by Gasteiger charge is 2.17. The van der Waals surface area contributed by atoms with Gasteiger partial charge in [0, 0.05) is 0 Å². The Labute approximate surface area is 119 Å². The van der Waals surface area contributed by atoms with Crippen molar-refractivity contribution in [1.29, 1.82) is 0 Å². The summed E-state index contributed by atoms with van der Waals surface area (Å²) < 4.78 is 11.8. The molecule has 0 aromatic heterocycles. The third-order valence-electron chi connectivity index (χ3n) is 2.71. The first-order valence-corrected chi connectivity index (χ1v) is 8.47. The molecule has 0 aliphatic carbocycles. The summed E-state index contributed by atoms with van der Waals surface area (Å²) in [5.41, 5.74) is 2.36.